The highest BCUT2D eigenvalue weighted by molar-refractivity contribution is 5.94. The van der Waals surface area contributed by atoms with E-state index in [-0.39, 0.29) is 0 Å². The molecular formula is C28H29F4N3O2. The molecule has 0 aliphatic carbocycles. The number of alkyl halides is 3. The number of pyridine rings is 1. The molecule has 5 nitrogen and oxygen atoms in total. The normalized spacial score (nSPS) is 15.2. The molecule has 196 valence electrons. The van der Waals surface area contributed by atoms with Gasteiger partial charge in [0.05, 0.1) is 24.3 Å². The number of hydrazone groups is 1. The first-order valence-corrected chi connectivity index (χ1v) is 12.0. The summed E-state index contributed by atoms with van der Waals surface area (Å²) >= 11 is 0. The summed E-state index contributed by atoms with van der Waals surface area (Å²) in [6, 6.07) is 13.3. The molecular weight excluding hydrogens is 486 g/mol. The zero-order valence-electron chi connectivity index (χ0n) is 21.1. The number of nitrogens with zero attached hydrogens (tertiary/aromatic N) is 3. The Kier molecular flexibility index (Phi) is 8.68. The van der Waals surface area contributed by atoms with E-state index in [1.165, 1.54) is 6.20 Å². The fraction of sp³-hybridized carbons (Fsp3) is 0.321. The van der Waals surface area contributed by atoms with Gasteiger partial charge >= 0.3 is 12.1 Å². The van der Waals surface area contributed by atoms with Crippen molar-refractivity contribution in [2.24, 2.45) is 5.10 Å². The highest BCUT2D eigenvalue weighted by atomic mass is 19.4. The van der Waals surface area contributed by atoms with E-state index in [0.29, 0.717) is 17.7 Å². The minimum atomic E-state index is -4.60. The van der Waals surface area contributed by atoms with E-state index >= 15 is 0 Å². The first-order valence-electron chi connectivity index (χ1n) is 12.0. The molecule has 0 radical (unpaired) electrons. The Morgan fingerprint density at radius 2 is 1.76 bits per heavy atom. The molecule has 37 heavy (non-hydrogen) atoms. The van der Waals surface area contributed by atoms with Crippen molar-refractivity contribution >= 4 is 17.4 Å². The van der Waals surface area contributed by atoms with Gasteiger partial charge in [-0.3, -0.25) is 14.8 Å². The van der Waals surface area contributed by atoms with Crippen LogP contribution in [0.25, 0.3) is 11.1 Å². The molecule has 1 aliphatic heterocycles. The van der Waals surface area contributed by atoms with Gasteiger partial charge in [-0.2, -0.15) is 18.3 Å². The van der Waals surface area contributed by atoms with Crippen LogP contribution >= 0.6 is 0 Å². The standard InChI is InChI=1S/C26H23F4N3O2.C2H6/c1-15-9-19(22-10-16(2)31-14-23(22)27)6-5-18(15)11-17-3-7-20(8-4-17)33-21(13-25(34)35)12-24(32-33)26(28,29)30;1-2/h3-10,14,21H,11-13H2,1-2H3,(H,34,35);1-2H3. The molecule has 0 saturated heterocycles. The molecule has 2 heterocycles. The van der Waals surface area contributed by atoms with Gasteiger partial charge in [-0.05, 0) is 60.7 Å². The second-order valence-electron chi connectivity index (χ2n) is 8.63. The number of rotatable bonds is 6. The van der Waals surface area contributed by atoms with Crippen molar-refractivity contribution in [2.45, 2.75) is 59.2 Å². The maximum atomic E-state index is 14.2. The summed E-state index contributed by atoms with van der Waals surface area (Å²) in [6.07, 6.45) is -3.75. The highest BCUT2D eigenvalue weighted by Crippen LogP contribution is 2.33. The summed E-state index contributed by atoms with van der Waals surface area (Å²) in [5, 5.41) is 13.9. The Hall–Kier alpha value is -3.75. The van der Waals surface area contributed by atoms with Crippen molar-refractivity contribution in [2.75, 3.05) is 5.01 Å². The lowest BCUT2D eigenvalue weighted by molar-refractivity contribution is -0.137. The maximum Gasteiger partial charge on any atom is 0.431 e. The molecule has 0 saturated carbocycles. The molecule has 0 spiro atoms. The lowest BCUT2D eigenvalue weighted by Gasteiger charge is -2.22. The maximum absolute atomic E-state index is 14.2. The van der Waals surface area contributed by atoms with Gasteiger partial charge in [0.2, 0.25) is 0 Å². The van der Waals surface area contributed by atoms with Gasteiger partial charge in [0.1, 0.15) is 11.5 Å². The van der Waals surface area contributed by atoms with Crippen molar-refractivity contribution < 1.29 is 27.5 Å². The van der Waals surface area contributed by atoms with E-state index in [4.69, 9.17) is 5.11 Å². The number of anilines is 1. The van der Waals surface area contributed by atoms with Crippen molar-refractivity contribution in [3.05, 3.63) is 82.9 Å². The van der Waals surface area contributed by atoms with Gasteiger partial charge in [0, 0.05) is 17.7 Å². The molecule has 1 unspecified atom stereocenters. The Labute approximate surface area is 213 Å². The van der Waals surface area contributed by atoms with Crippen LogP contribution in [0.1, 0.15) is 49.1 Å². The van der Waals surface area contributed by atoms with Crippen molar-refractivity contribution in [3.63, 3.8) is 0 Å². The number of benzene rings is 2. The van der Waals surface area contributed by atoms with E-state index in [1.54, 1.807) is 37.3 Å². The van der Waals surface area contributed by atoms with Gasteiger partial charge in [-0.15, -0.1) is 0 Å². The largest absolute Gasteiger partial charge is 0.481 e. The molecule has 0 amide bonds. The summed E-state index contributed by atoms with van der Waals surface area (Å²) in [6.45, 7) is 7.74. The number of carboxylic acids is 1. The van der Waals surface area contributed by atoms with Crippen LogP contribution in [0.4, 0.5) is 23.2 Å². The van der Waals surface area contributed by atoms with E-state index in [2.05, 4.69) is 10.1 Å². The zero-order valence-corrected chi connectivity index (χ0v) is 21.1. The van der Waals surface area contributed by atoms with E-state index in [1.807, 2.05) is 39.0 Å². The van der Waals surface area contributed by atoms with Crippen LogP contribution in [-0.2, 0) is 11.2 Å². The number of aryl methyl sites for hydroxylation is 2. The molecule has 3 aromatic rings. The summed E-state index contributed by atoms with van der Waals surface area (Å²) in [7, 11) is 0. The Bertz CT molecular complexity index is 1290. The lowest BCUT2D eigenvalue weighted by atomic mass is 9.96. The second-order valence-corrected chi connectivity index (χ2v) is 8.63. The molecule has 9 heteroatoms. The number of carbonyl (C=O) groups is 1. The van der Waals surface area contributed by atoms with Crippen LogP contribution in [0.2, 0.25) is 0 Å². The van der Waals surface area contributed by atoms with Crippen LogP contribution in [0, 0.1) is 19.7 Å². The van der Waals surface area contributed by atoms with Gasteiger partial charge in [0.25, 0.3) is 0 Å². The van der Waals surface area contributed by atoms with Gasteiger partial charge in [-0.25, -0.2) is 4.39 Å². The molecule has 2 aromatic carbocycles. The summed E-state index contributed by atoms with van der Waals surface area (Å²) in [5.74, 6) is -1.58. The smallest absolute Gasteiger partial charge is 0.431 e. The van der Waals surface area contributed by atoms with Crippen molar-refractivity contribution in [3.8, 4) is 11.1 Å². The fourth-order valence-electron chi connectivity index (χ4n) is 4.18. The van der Waals surface area contributed by atoms with Crippen LogP contribution in [-0.4, -0.2) is 34.0 Å². The molecule has 1 N–H and O–H groups in total. The number of carboxylic acid groups (broad SMARTS) is 1. The van der Waals surface area contributed by atoms with Gasteiger partial charge < -0.3 is 5.11 Å². The monoisotopic (exact) mass is 515 g/mol. The van der Waals surface area contributed by atoms with Crippen LogP contribution in [0.5, 0.6) is 0 Å². The number of hydrogen-bond donors (Lipinski definition) is 1. The van der Waals surface area contributed by atoms with Crippen LogP contribution in [0.15, 0.2) is 59.8 Å². The third-order valence-electron chi connectivity index (χ3n) is 5.98. The number of hydrogen-bond acceptors (Lipinski definition) is 4. The SMILES string of the molecule is CC.Cc1cc(-c2ccc(Cc3ccc(N4N=C(C(F)(F)F)CC4CC(=O)O)cc3)c(C)c2)c(F)cn1. The molecule has 1 aromatic heterocycles. The predicted molar refractivity (Wildman–Crippen MR) is 136 cm³/mol. The first-order chi connectivity index (χ1) is 17.5. The Morgan fingerprint density at radius 3 is 2.35 bits per heavy atom. The average molecular weight is 516 g/mol. The van der Waals surface area contributed by atoms with Crippen molar-refractivity contribution in [1.29, 1.82) is 0 Å². The molecule has 0 bridgehead atoms. The average Bonchev–Trinajstić information content (AvgIpc) is 3.27. The zero-order chi connectivity index (χ0) is 27.3. The van der Waals surface area contributed by atoms with E-state index < -0.39 is 42.6 Å². The fourth-order valence-corrected chi connectivity index (χ4v) is 4.18. The molecule has 1 atom stereocenters. The highest BCUT2D eigenvalue weighted by Gasteiger charge is 2.43. The summed E-state index contributed by atoms with van der Waals surface area (Å²) < 4.78 is 53.7. The van der Waals surface area contributed by atoms with Crippen LogP contribution in [0.3, 0.4) is 0 Å². The number of aliphatic carboxylic acids is 1. The third kappa shape index (κ3) is 6.72. The number of aromatic nitrogens is 1. The van der Waals surface area contributed by atoms with E-state index in [0.717, 1.165) is 33.0 Å². The quantitative estimate of drug-likeness (QED) is 0.356. The Balaban J connectivity index is 0.00000186. The molecule has 0 fully saturated rings. The first kappa shape index (κ1) is 27.8. The summed E-state index contributed by atoms with van der Waals surface area (Å²) in [4.78, 5) is 15.1. The van der Waals surface area contributed by atoms with Crippen LogP contribution < -0.4 is 5.01 Å². The lowest BCUT2D eigenvalue weighted by Crippen LogP contribution is -2.29. The van der Waals surface area contributed by atoms with Crippen molar-refractivity contribution in [1.82, 2.24) is 4.98 Å². The summed E-state index contributed by atoms with van der Waals surface area (Å²) in [5.41, 5.74) is 4.29. The van der Waals surface area contributed by atoms with Gasteiger partial charge in [-0.1, -0.05) is 44.2 Å². The minimum Gasteiger partial charge on any atom is -0.481 e. The third-order valence-corrected chi connectivity index (χ3v) is 5.98. The minimum absolute atomic E-state index is 0.391. The number of halogens is 4. The predicted octanol–water partition coefficient (Wildman–Crippen LogP) is 7.09. The van der Waals surface area contributed by atoms with E-state index in [9.17, 15) is 22.4 Å². The molecule has 4 rings (SSSR count). The topological polar surface area (TPSA) is 65.8 Å². The second kappa shape index (κ2) is 11.5. The van der Waals surface area contributed by atoms with Gasteiger partial charge in [0.15, 0.2) is 0 Å². The molecule has 1 aliphatic rings. The Morgan fingerprint density at radius 1 is 1.08 bits per heavy atom.